The van der Waals surface area contributed by atoms with Crippen LogP contribution in [-0.2, 0) is 15.8 Å². The number of carbonyl (C=O) groups excluding carboxylic acids is 2. The summed E-state index contributed by atoms with van der Waals surface area (Å²) in [6.45, 7) is 1.51. The Balaban J connectivity index is 2.56. The maximum Gasteiger partial charge on any atom is 0.416 e. The summed E-state index contributed by atoms with van der Waals surface area (Å²) in [7, 11) is 1.47. The Morgan fingerprint density at radius 3 is 2.24 bits per heavy atom. The van der Waals surface area contributed by atoms with E-state index < -0.39 is 23.7 Å². The van der Waals surface area contributed by atoms with E-state index in [0.29, 0.717) is 0 Å². The molecule has 2 amide bonds. The smallest absolute Gasteiger partial charge is 0.358 e. The molecule has 0 aromatic heterocycles. The number of anilines is 1. The van der Waals surface area contributed by atoms with Crippen LogP contribution in [-0.4, -0.2) is 31.4 Å². The van der Waals surface area contributed by atoms with E-state index in [1.54, 1.807) is 6.92 Å². The van der Waals surface area contributed by atoms with Gasteiger partial charge in [-0.3, -0.25) is 14.9 Å². The Bertz CT molecular complexity index is 500. The van der Waals surface area contributed by atoms with Gasteiger partial charge in [-0.2, -0.15) is 13.2 Å². The molecule has 0 spiro atoms. The molecule has 0 bridgehead atoms. The Morgan fingerprint density at radius 2 is 1.76 bits per heavy atom. The zero-order valence-electron chi connectivity index (χ0n) is 11.5. The molecule has 21 heavy (non-hydrogen) atoms. The van der Waals surface area contributed by atoms with Crippen LogP contribution in [0.1, 0.15) is 12.5 Å². The molecule has 0 unspecified atom stereocenters. The molecule has 0 fully saturated rings. The molecule has 0 saturated carbocycles. The van der Waals surface area contributed by atoms with E-state index in [4.69, 9.17) is 0 Å². The fourth-order valence-electron chi connectivity index (χ4n) is 1.42. The first-order valence-corrected chi connectivity index (χ1v) is 6.16. The Labute approximate surface area is 119 Å². The van der Waals surface area contributed by atoms with Crippen molar-refractivity contribution < 1.29 is 22.8 Å². The second kappa shape index (κ2) is 7.07. The summed E-state index contributed by atoms with van der Waals surface area (Å²) in [6.07, 6.45) is -4.41. The Kier molecular flexibility index (Phi) is 5.71. The molecule has 0 heterocycles. The second-order valence-electron chi connectivity index (χ2n) is 4.34. The monoisotopic (exact) mass is 303 g/mol. The van der Waals surface area contributed by atoms with Crippen LogP contribution in [0.4, 0.5) is 18.9 Å². The number of halogens is 3. The SMILES string of the molecule is CNC(=O)CN[C@@H](C)C(=O)Nc1ccc(C(F)(F)F)cc1. The molecule has 1 rings (SSSR count). The van der Waals surface area contributed by atoms with Gasteiger partial charge in [-0.05, 0) is 31.2 Å². The third-order valence-electron chi connectivity index (χ3n) is 2.72. The van der Waals surface area contributed by atoms with Gasteiger partial charge < -0.3 is 10.6 Å². The van der Waals surface area contributed by atoms with Crippen molar-refractivity contribution in [3.05, 3.63) is 29.8 Å². The first-order chi connectivity index (χ1) is 9.74. The molecule has 0 radical (unpaired) electrons. The minimum absolute atomic E-state index is 0.0297. The maximum atomic E-state index is 12.4. The average molecular weight is 303 g/mol. The van der Waals surface area contributed by atoms with Gasteiger partial charge in [0.25, 0.3) is 0 Å². The van der Waals surface area contributed by atoms with E-state index in [1.807, 2.05) is 0 Å². The van der Waals surface area contributed by atoms with Crippen molar-refractivity contribution in [2.75, 3.05) is 18.9 Å². The molecule has 0 saturated heterocycles. The highest BCUT2D eigenvalue weighted by Crippen LogP contribution is 2.29. The number of likely N-dealkylation sites (N-methyl/N-ethyl adjacent to an activating group) is 1. The van der Waals surface area contributed by atoms with Crippen LogP contribution < -0.4 is 16.0 Å². The standard InChI is InChI=1S/C13H16F3N3O2/c1-8(18-7-11(20)17-2)12(21)19-10-5-3-9(4-6-10)13(14,15)16/h3-6,8,18H,7H2,1-2H3,(H,17,20)(H,19,21)/t8-/m0/s1. The minimum atomic E-state index is -4.41. The molecular formula is C13H16F3N3O2. The van der Waals surface area contributed by atoms with Crippen molar-refractivity contribution in [1.82, 2.24) is 10.6 Å². The fourth-order valence-corrected chi connectivity index (χ4v) is 1.42. The van der Waals surface area contributed by atoms with Crippen molar-refractivity contribution in [3.8, 4) is 0 Å². The van der Waals surface area contributed by atoms with E-state index in [0.717, 1.165) is 12.1 Å². The van der Waals surface area contributed by atoms with Gasteiger partial charge in [-0.25, -0.2) is 0 Å². The van der Waals surface area contributed by atoms with Crippen LogP contribution in [0, 0.1) is 0 Å². The van der Waals surface area contributed by atoms with Crippen molar-refractivity contribution in [1.29, 1.82) is 0 Å². The van der Waals surface area contributed by atoms with Crippen molar-refractivity contribution in [2.24, 2.45) is 0 Å². The molecule has 8 heteroatoms. The summed E-state index contributed by atoms with van der Waals surface area (Å²) in [5, 5.41) is 7.54. The van der Waals surface area contributed by atoms with E-state index in [1.165, 1.54) is 19.2 Å². The molecular weight excluding hydrogens is 287 g/mol. The van der Waals surface area contributed by atoms with Crippen molar-refractivity contribution in [2.45, 2.75) is 19.1 Å². The van der Waals surface area contributed by atoms with Gasteiger partial charge in [0.15, 0.2) is 0 Å². The lowest BCUT2D eigenvalue weighted by atomic mass is 10.2. The third kappa shape index (κ3) is 5.42. The Hall–Kier alpha value is -2.09. The number of amides is 2. The normalized spacial score (nSPS) is 12.6. The largest absolute Gasteiger partial charge is 0.416 e. The summed E-state index contributed by atoms with van der Waals surface area (Å²) < 4.78 is 37.2. The second-order valence-corrected chi connectivity index (χ2v) is 4.34. The van der Waals surface area contributed by atoms with Crippen LogP contribution in [0.2, 0.25) is 0 Å². The Morgan fingerprint density at radius 1 is 1.19 bits per heavy atom. The topological polar surface area (TPSA) is 70.2 Å². The van der Waals surface area contributed by atoms with Crippen molar-refractivity contribution >= 4 is 17.5 Å². The summed E-state index contributed by atoms with van der Waals surface area (Å²) in [5.41, 5.74) is -0.534. The van der Waals surface area contributed by atoms with Crippen LogP contribution in [0.3, 0.4) is 0 Å². The van der Waals surface area contributed by atoms with Crippen LogP contribution in [0.25, 0.3) is 0 Å². The molecule has 1 aromatic rings. The van der Waals surface area contributed by atoms with Crippen LogP contribution in [0.15, 0.2) is 24.3 Å². The first-order valence-electron chi connectivity index (χ1n) is 6.16. The van der Waals surface area contributed by atoms with E-state index in [-0.39, 0.29) is 18.1 Å². The highest BCUT2D eigenvalue weighted by molar-refractivity contribution is 5.94. The molecule has 0 aliphatic carbocycles. The molecule has 1 atom stereocenters. The fraction of sp³-hybridized carbons (Fsp3) is 0.385. The first kappa shape index (κ1) is 17.0. The summed E-state index contributed by atoms with van der Waals surface area (Å²) in [6, 6.07) is 3.46. The van der Waals surface area contributed by atoms with Gasteiger partial charge in [-0.1, -0.05) is 0 Å². The zero-order chi connectivity index (χ0) is 16.0. The predicted octanol–water partition coefficient (Wildman–Crippen LogP) is 1.37. The zero-order valence-corrected chi connectivity index (χ0v) is 11.5. The molecule has 1 aromatic carbocycles. The van der Waals surface area contributed by atoms with Gasteiger partial charge in [-0.15, -0.1) is 0 Å². The van der Waals surface area contributed by atoms with Gasteiger partial charge in [0.2, 0.25) is 11.8 Å². The van der Waals surface area contributed by atoms with Crippen LogP contribution >= 0.6 is 0 Å². The molecule has 0 aliphatic rings. The lowest BCUT2D eigenvalue weighted by Gasteiger charge is -2.14. The number of hydrogen-bond donors (Lipinski definition) is 3. The number of alkyl halides is 3. The molecule has 116 valence electrons. The molecule has 3 N–H and O–H groups in total. The van der Waals surface area contributed by atoms with Crippen LogP contribution in [0.5, 0.6) is 0 Å². The number of benzene rings is 1. The van der Waals surface area contributed by atoms with Crippen molar-refractivity contribution in [3.63, 3.8) is 0 Å². The third-order valence-corrected chi connectivity index (χ3v) is 2.72. The number of rotatable bonds is 5. The quantitative estimate of drug-likeness (QED) is 0.769. The number of hydrogen-bond acceptors (Lipinski definition) is 3. The minimum Gasteiger partial charge on any atom is -0.358 e. The lowest BCUT2D eigenvalue weighted by molar-refractivity contribution is -0.137. The molecule has 5 nitrogen and oxygen atoms in total. The lowest BCUT2D eigenvalue weighted by Crippen LogP contribution is -2.42. The van der Waals surface area contributed by atoms with E-state index >= 15 is 0 Å². The molecule has 0 aliphatic heterocycles. The highest BCUT2D eigenvalue weighted by atomic mass is 19.4. The predicted molar refractivity (Wildman–Crippen MR) is 71.6 cm³/mol. The highest BCUT2D eigenvalue weighted by Gasteiger charge is 2.30. The summed E-state index contributed by atoms with van der Waals surface area (Å²) in [4.78, 5) is 22.8. The van der Waals surface area contributed by atoms with Gasteiger partial charge in [0, 0.05) is 12.7 Å². The number of carbonyl (C=O) groups is 2. The van der Waals surface area contributed by atoms with Gasteiger partial charge in [0.05, 0.1) is 18.2 Å². The maximum absolute atomic E-state index is 12.4. The average Bonchev–Trinajstić information content (AvgIpc) is 2.43. The summed E-state index contributed by atoms with van der Waals surface area (Å²) in [5.74, 6) is -0.720. The number of nitrogens with one attached hydrogen (secondary N) is 3. The van der Waals surface area contributed by atoms with E-state index in [9.17, 15) is 22.8 Å². The summed E-state index contributed by atoms with van der Waals surface area (Å²) >= 11 is 0. The van der Waals surface area contributed by atoms with E-state index in [2.05, 4.69) is 16.0 Å². The van der Waals surface area contributed by atoms with Gasteiger partial charge >= 0.3 is 6.18 Å². The van der Waals surface area contributed by atoms with Gasteiger partial charge in [0.1, 0.15) is 0 Å².